The molecule has 1 aromatic rings. The van der Waals surface area contributed by atoms with E-state index in [0.29, 0.717) is 12.3 Å². The van der Waals surface area contributed by atoms with Gasteiger partial charge in [0.15, 0.2) is 0 Å². The van der Waals surface area contributed by atoms with Gasteiger partial charge in [0.05, 0.1) is 11.8 Å². The van der Waals surface area contributed by atoms with E-state index < -0.39 is 11.9 Å². The number of hydrogen-bond donors (Lipinski definition) is 2. The molecule has 1 aliphatic rings. The third-order valence-electron chi connectivity index (χ3n) is 3.29. The number of aliphatic carboxylic acids is 1. The van der Waals surface area contributed by atoms with Gasteiger partial charge in [0.2, 0.25) is 5.91 Å². The van der Waals surface area contributed by atoms with E-state index in [9.17, 15) is 9.59 Å². The number of carboxylic acid groups (broad SMARTS) is 1. The van der Waals surface area contributed by atoms with E-state index in [1.807, 2.05) is 24.3 Å². The van der Waals surface area contributed by atoms with Gasteiger partial charge in [-0.3, -0.25) is 9.59 Å². The summed E-state index contributed by atoms with van der Waals surface area (Å²) in [7, 11) is 0. The summed E-state index contributed by atoms with van der Waals surface area (Å²) in [5.74, 6) is -1.49. The van der Waals surface area contributed by atoms with Gasteiger partial charge in [-0.2, -0.15) is 0 Å². The molecular weight excluding hydrogens is 230 g/mol. The first kappa shape index (κ1) is 12.6. The highest BCUT2D eigenvalue weighted by molar-refractivity contribution is 5.98. The van der Waals surface area contributed by atoms with E-state index >= 15 is 0 Å². The SMILES string of the molecule is CC(C)c1ccc(NC(=O)[C@@H]2C[C@@H]2C(=O)O)cc1. The molecule has 0 radical (unpaired) electrons. The highest BCUT2D eigenvalue weighted by atomic mass is 16.4. The minimum atomic E-state index is -0.884. The largest absolute Gasteiger partial charge is 0.481 e. The number of benzene rings is 1. The number of anilines is 1. The Labute approximate surface area is 106 Å². The number of amides is 1. The van der Waals surface area contributed by atoms with Crippen LogP contribution in [0.5, 0.6) is 0 Å². The van der Waals surface area contributed by atoms with Crippen molar-refractivity contribution in [2.45, 2.75) is 26.2 Å². The minimum Gasteiger partial charge on any atom is -0.481 e. The standard InChI is InChI=1S/C14H17NO3/c1-8(2)9-3-5-10(6-4-9)15-13(16)11-7-12(11)14(17)18/h3-6,8,11-12H,7H2,1-2H3,(H,15,16)(H,17,18)/t11-,12+/m1/s1. The number of carbonyl (C=O) groups is 2. The van der Waals surface area contributed by atoms with Gasteiger partial charge in [-0.25, -0.2) is 0 Å². The van der Waals surface area contributed by atoms with Gasteiger partial charge >= 0.3 is 5.97 Å². The van der Waals surface area contributed by atoms with Gasteiger partial charge in [0.25, 0.3) is 0 Å². The molecule has 4 nitrogen and oxygen atoms in total. The van der Waals surface area contributed by atoms with Crippen molar-refractivity contribution in [3.8, 4) is 0 Å². The van der Waals surface area contributed by atoms with E-state index in [4.69, 9.17) is 5.11 Å². The first-order valence-corrected chi connectivity index (χ1v) is 6.12. The second-order valence-corrected chi connectivity index (χ2v) is 5.05. The molecule has 1 aromatic carbocycles. The van der Waals surface area contributed by atoms with Crippen LogP contribution in [0.4, 0.5) is 5.69 Å². The molecule has 96 valence electrons. The molecule has 1 amide bonds. The van der Waals surface area contributed by atoms with Crippen molar-refractivity contribution in [1.82, 2.24) is 0 Å². The Kier molecular flexibility index (Phi) is 3.36. The maximum Gasteiger partial charge on any atom is 0.307 e. The maximum absolute atomic E-state index is 11.7. The molecule has 0 bridgehead atoms. The van der Waals surface area contributed by atoms with Crippen LogP contribution in [0.15, 0.2) is 24.3 Å². The van der Waals surface area contributed by atoms with E-state index in [-0.39, 0.29) is 11.8 Å². The topological polar surface area (TPSA) is 66.4 Å². The van der Waals surface area contributed by atoms with Crippen LogP contribution < -0.4 is 5.32 Å². The van der Waals surface area contributed by atoms with Crippen molar-refractivity contribution >= 4 is 17.6 Å². The van der Waals surface area contributed by atoms with Gasteiger partial charge in [0.1, 0.15) is 0 Å². The predicted molar refractivity (Wildman–Crippen MR) is 68.4 cm³/mol. The first-order chi connectivity index (χ1) is 8.49. The van der Waals surface area contributed by atoms with Crippen LogP contribution in [0, 0.1) is 11.8 Å². The Bertz CT molecular complexity index is 464. The number of carbonyl (C=O) groups excluding carboxylic acids is 1. The molecule has 2 rings (SSSR count). The molecule has 2 atom stereocenters. The summed E-state index contributed by atoms with van der Waals surface area (Å²) in [5.41, 5.74) is 1.93. The lowest BCUT2D eigenvalue weighted by Gasteiger charge is -2.08. The van der Waals surface area contributed by atoms with Crippen molar-refractivity contribution in [2.75, 3.05) is 5.32 Å². The molecule has 2 N–H and O–H groups in total. The van der Waals surface area contributed by atoms with Gasteiger partial charge in [0, 0.05) is 5.69 Å². The lowest BCUT2D eigenvalue weighted by molar-refractivity contribution is -0.139. The van der Waals surface area contributed by atoms with Gasteiger partial charge in [-0.15, -0.1) is 0 Å². The fourth-order valence-electron chi connectivity index (χ4n) is 1.94. The van der Waals surface area contributed by atoms with Crippen LogP contribution in [0.3, 0.4) is 0 Å². The molecular formula is C14H17NO3. The van der Waals surface area contributed by atoms with Crippen LogP contribution in [0.1, 0.15) is 31.7 Å². The van der Waals surface area contributed by atoms with Crippen LogP contribution in [0.2, 0.25) is 0 Å². The summed E-state index contributed by atoms with van der Waals surface area (Å²) in [4.78, 5) is 22.4. The fourth-order valence-corrected chi connectivity index (χ4v) is 1.94. The second kappa shape index (κ2) is 4.80. The molecule has 0 aliphatic heterocycles. The maximum atomic E-state index is 11.7. The van der Waals surface area contributed by atoms with Gasteiger partial charge < -0.3 is 10.4 Å². The van der Waals surface area contributed by atoms with E-state index in [2.05, 4.69) is 19.2 Å². The smallest absolute Gasteiger partial charge is 0.307 e. The Morgan fingerprint density at radius 2 is 1.83 bits per heavy atom. The molecule has 0 aromatic heterocycles. The van der Waals surface area contributed by atoms with Crippen LogP contribution >= 0.6 is 0 Å². The second-order valence-electron chi connectivity index (χ2n) is 5.05. The quantitative estimate of drug-likeness (QED) is 0.859. The zero-order valence-electron chi connectivity index (χ0n) is 10.5. The summed E-state index contributed by atoms with van der Waals surface area (Å²) < 4.78 is 0. The molecule has 18 heavy (non-hydrogen) atoms. The third kappa shape index (κ3) is 2.70. The summed E-state index contributed by atoms with van der Waals surface area (Å²) >= 11 is 0. The lowest BCUT2D eigenvalue weighted by atomic mass is 10.0. The molecule has 4 heteroatoms. The molecule has 0 heterocycles. The Morgan fingerprint density at radius 3 is 2.28 bits per heavy atom. The average Bonchev–Trinajstić information content (AvgIpc) is 3.09. The first-order valence-electron chi connectivity index (χ1n) is 6.12. The molecule has 1 saturated carbocycles. The Hall–Kier alpha value is -1.84. The number of carboxylic acids is 1. The van der Waals surface area contributed by atoms with E-state index in [0.717, 1.165) is 5.69 Å². The molecule has 0 unspecified atom stereocenters. The van der Waals surface area contributed by atoms with Crippen LogP contribution in [-0.4, -0.2) is 17.0 Å². The van der Waals surface area contributed by atoms with Crippen molar-refractivity contribution in [2.24, 2.45) is 11.8 Å². The van der Waals surface area contributed by atoms with Crippen molar-refractivity contribution in [1.29, 1.82) is 0 Å². The molecule has 1 aliphatic carbocycles. The summed E-state index contributed by atoms with van der Waals surface area (Å²) in [6.45, 7) is 4.21. The highest BCUT2D eigenvalue weighted by Crippen LogP contribution is 2.39. The number of hydrogen-bond acceptors (Lipinski definition) is 2. The van der Waals surface area contributed by atoms with E-state index in [1.54, 1.807) is 0 Å². The van der Waals surface area contributed by atoms with Crippen LogP contribution in [0.25, 0.3) is 0 Å². The lowest BCUT2D eigenvalue weighted by Crippen LogP contribution is -2.16. The fraction of sp³-hybridized carbons (Fsp3) is 0.429. The zero-order chi connectivity index (χ0) is 13.3. The van der Waals surface area contributed by atoms with Gasteiger partial charge in [-0.05, 0) is 30.0 Å². The third-order valence-corrected chi connectivity index (χ3v) is 3.29. The van der Waals surface area contributed by atoms with Crippen LogP contribution in [-0.2, 0) is 9.59 Å². The zero-order valence-corrected chi connectivity index (χ0v) is 10.5. The predicted octanol–water partition coefficient (Wildman–Crippen LogP) is 2.47. The van der Waals surface area contributed by atoms with Crippen molar-refractivity contribution < 1.29 is 14.7 Å². The highest BCUT2D eigenvalue weighted by Gasteiger charge is 2.48. The summed E-state index contributed by atoms with van der Waals surface area (Å²) in [6.07, 6.45) is 0.450. The molecule has 0 spiro atoms. The minimum absolute atomic E-state index is 0.195. The van der Waals surface area contributed by atoms with Crippen molar-refractivity contribution in [3.05, 3.63) is 29.8 Å². The van der Waals surface area contributed by atoms with Gasteiger partial charge in [-0.1, -0.05) is 26.0 Å². The summed E-state index contributed by atoms with van der Waals surface area (Å²) in [5, 5.41) is 11.5. The Morgan fingerprint density at radius 1 is 1.22 bits per heavy atom. The van der Waals surface area contributed by atoms with Crippen molar-refractivity contribution in [3.63, 3.8) is 0 Å². The molecule has 1 fully saturated rings. The summed E-state index contributed by atoms with van der Waals surface area (Å²) in [6, 6.07) is 7.65. The number of nitrogens with one attached hydrogen (secondary N) is 1. The van der Waals surface area contributed by atoms with E-state index in [1.165, 1.54) is 5.56 Å². The number of rotatable bonds is 4. The molecule has 0 saturated heterocycles. The monoisotopic (exact) mass is 247 g/mol. The Balaban J connectivity index is 1.94. The average molecular weight is 247 g/mol. The normalized spacial score (nSPS) is 21.7.